The quantitative estimate of drug-likeness (QED) is 0.839. The van der Waals surface area contributed by atoms with Crippen LogP contribution in [-0.2, 0) is 0 Å². The molecule has 1 aliphatic heterocycles. The van der Waals surface area contributed by atoms with Gasteiger partial charge in [0.25, 0.3) is 0 Å². The van der Waals surface area contributed by atoms with Crippen molar-refractivity contribution in [3.63, 3.8) is 0 Å². The number of hydrogen-bond acceptors (Lipinski definition) is 4. The van der Waals surface area contributed by atoms with Crippen molar-refractivity contribution in [1.29, 1.82) is 0 Å². The largest absolute Gasteiger partial charge is 0.454 e. The van der Waals surface area contributed by atoms with E-state index in [-0.39, 0.29) is 11.6 Å². The van der Waals surface area contributed by atoms with E-state index in [2.05, 4.69) is 12.2 Å². The van der Waals surface area contributed by atoms with E-state index in [0.717, 1.165) is 22.6 Å². The highest BCUT2D eigenvalue weighted by molar-refractivity contribution is 5.49. The Bertz CT molecular complexity index is 424. The van der Waals surface area contributed by atoms with E-state index < -0.39 is 0 Å². The lowest BCUT2D eigenvalue weighted by Crippen LogP contribution is -2.45. The van der Waals surface area contributed by atoms with Crippen molar-refractivity contribution in [3.05, 3.63) is 23.3 Å². The van der Waals surface area contributed by atoms with Gasteiger partial charge in [-0.15, -0.1) is 0 Å². The Morgan fingerprint density at radius 2 is 1.88 bits per heavy atom. The molecule has 0 bridgehead atoms. The van der Waals surface area contributed by atoms with Crippen molar-refractivity contribution >= 4 is 0 Å². The van der Waals surface area contributed by atoms with Crippen molar-refractivity contribution in [2.75, 3.05) is 13.8 Å². The third-order valence-corrected chi connectivity index (χ3v) is 3.10. The fraction of sp³-hybridized carbons (Fsp3) is 0.538. The van der Waals surface area contributed by atoms with Crippen LogP contribution < -0.4 is 20.5 Å². The molecule has 1 atom stereocenters. The molecule has 0 spiro atoms. The van der Waals surface area contributed by atoms with Gasteiger partial charge in [0.15, 0.2) is 11.5 Å². The molecule has 2 rings (SSSR count). The zero-order valence-electron chi connectivity index (χ0n) is 10.8. The lowest BCUT2D eigenvalue weighted by molar-refractivity contribution is 0.174. The van der Waals surface area contributed by atoms with Crippen LogP contribution in [0.1, 0.15) is 31.0 Å². The van der Waals surface area contributed by atoms with Gasteiger partial charge in [0.2, 0.25) is 6.79 Å². The highest BCUT2D eigenvalue weighted by Gasteiger charge is 2.28. The number of hydrogen-bond donors (Lipinski definition) is 2. The summed E-state index contributed by atoms with van der Waals surface area (Å²) in [4.78, 5) is 0. The van der Waals surface area contributed by atoms with Crippen LogP contribution in [-0.4, -0.2) is 19.4 Å². The van der Waals surface area contributed by atoms with Gasteiger partial charge in [-0.3, -0.25) is 0 Å². The van der Waals surface area contributed by atoms with Crippen molar-refractivity contribution in [3.8, 4) is 11.5 Å². The second-order valence-corrected chi connectivity index (χ2v) is 5.11. The average molecular weight is 236 g/mol. The van der Waals surface area contributed by atoms with Crippen LogP contribution >= 0.6 is 0 Å². The molecule has 1 aromatic rings. The molecule has 0 fully saturated rings. The van der Waals surface area contributed by atoms with E-state index in [9.17, 15) is 0 Å². The lowest BCUT2D eigenvalue weighted by atomic mass is 9.87. The predicted octanol–water partition coefficient (Wildman–Crippen LogP) is 1.72. The van der Waals surface area contributed by atoms with Crippen LogP contribution in [0.15, 0.2) is 12.1 Å². The van der Waals surface area contributed by atoms with Gasteiger partial charge in [0.1, 0.15) is 0 Å². The van der Waals surface area contributed by atoms with Crippen LogP contribution in [0.5, 0.6) is 11.5 Å². The Balaban J connectivity index is 2.44. The molecule has 0 aromatic heterocycles. The third kappa shape index (κ3) is 2.23. The van der Waals surface area contributed by atoms with Gasteiger partial charge in [-0.05, 0) is 51.1 Å². The molecule has 0 saturated carbocycles. The van der Waals surface area contributed by atoms with Crippen LogP contribution in [0.4, 0.5) is 0 Å². The topological polar surface area (TPSA) is 56.5 Å². The number of rotatable bonds is 3. The first kappa shape index (κ1) is 12.2. The lowest BCUT2D eigenvalue weighted by Gasteiger charge is -2.31. The minimum Gasteiger partial charge on any atom is -0.454 e. The fourth-order valence-electron chi connectivity index (χ4n) is 2.30. The molecular weight excluding hydrogens is 216 g/mol. The minimum absolute atomic E-state index is 0.0806. The summed E-state index contributed by atoms with van der Waals surface area (Å²) < 4.78 is 10.8. The molecule has 94 valence electrons. The van der Waals surface area contributed by atoms with Gasteiger partial charge in [-0.2, -0.15) is 0 Å². The van der Waals surface area contributed by atoms with Gasteiger partial charge in [-0.25, -0.2) is 0 Å². The Kier molecular flexibility index (Phi) is 3.02. The molecular formula is C13H20N2O2. The Morgan fingerprint density at radius 3 is 2.41 bits per heavy atom. The van der Waals surface area contributed by atoms with Gasteiger partial charge in [-0.1, -0.05) is 0 Å². The van der Waals surface area contributed by atoms with E-state index >= 15 is 0 Å². The molecule has 1 aliphatic rings. The summed E-state index contributed by atoms with van der Waals surface area (Å²) in [6, 6.07) is 4.11. The molecule has 1 aromatic carbocycles. The summed E-state index contributed by atoms with van der Waals surface area (Å²) in [7, 11) is 1.92. The summed E-state index contributed by atoms with van der Waals surface area (Å²) in [5, 5.41) is 3.27. The zero-order chi connectivity index (χ0) is 12.6. The average Bonchev–Trinajstić information content (AvgIpc) is 2.64. The van der Waals surface area contributed by atoms with E-state index in [1.807, 2.05) is 33.0 Å². The smallest absolute Gasteiger partial charge is 0.231 e. The maximum absolute atomic E-state index is 6.20. The molecule has 17 heavy (non-hydrogen) atoms. The maximum atomic E-state index is 6.20. The monoisotopic (exact) mass is 236 g/mol. The zero-order valence-corrected chi connectivity index (χ0v) is 10.8. The van der Waals surface area contributed by atoms with E-state index in [1.165, 1.54) is 0 Å². The van der Waals surface area contributed by atoms with E-state index in [0.29, 0.717) is 6.79 Å². The van der Waals surface area contributed by atoms with Crippen LogP contribution in [0.25, 0.3) is 0 Å². The summed E-state index contributed by atoms with van der Waals surface area (Å²) in [5.74, 6) is 1.62. The Morgan fingerprint density at radius 1 is 1.29 bits per heavy atom. The number of likely N-dealkylation sites (N-methyl/N-ethyl adjacent to an activating group) is 1. The first-order chi connectivity index (χ1) is 7.93. The highest BCUT2D eigenvalue weighted by atomic mass is 16.7. The minimum atomic E-state index is -0.340. The normalized spacial score (nSPS) is 16.1. The molecule has 0 radical (unpaired) electrons. The van der Waals surface area contributed by atoms with Crippen LogP contribution in [0, 0.1) is 6.92 Å². The summed E-state index contributed by atoms with van der Waals surface area (Å²) in [6.07, 6.45) is 0. The molecule has 1 unspecified atom stereocenters. The summed E-state index contributed by atoms with van der Waals surface area (Å²) >= 11 is 0. The van der Waals surface area contributed by atoms with Crippen LogP contribution in [0.2, 0.25) is 0 Å². The van der Waals surface area contributed by atoms with Crippen molar-refractivity contribution in [2.24, 2.45) is 5.73 Å². The molecule has 3 N–H and O–H groups in total. The second kappa shape index (κ2) is 4.20. The molecule has 4 nitrogen and oxygen atoms in total. The number of fused-ring (bicyclic) bond motifs is 1. The van der Waals surface area contributed by atoms with Gasteiger partial charge >= 0.3 is 0 Å². The second-order valence-electron chi connectivity index (χ2n) is 5.11. The SMILES string of the molecule is CNC(c1cc2c(cc1C)OCO2)C(C)(C)N. The van der Waals surface area contributed by atoms with Crippen molar-refractivity contribution in [1.82, 2.24) is 5.32 Å². The number of benzene rings is 1. The van der Waals surface area contributed by atoms with E-state index in [1.54, 1.807) is 0 Å². The number of nitrogens with two attached hydrogens (primary N) is 1. The summed E-state index contributed by atoms with van der Waals surface area (Å²) in [6.45, 7) is 6.39. The fourth-order valence-corrected chi connectivity index (χ4v) is 2.30. The highest BCUT2D eigenvalue weighted by Crippen LogP contribution is 2.38. The molecule has 4 heteroatoms. The summed E-state index contributed by atoms with van der Waals surface area (Å²) in [5.41, 5.74) is 8.18. The van der Waals surface area contributed by atoms with Crippen molar-refractivity contribution < 1.29 is 9.47 Å². The number of nitrogens with one attached hydrogen (secondary N) is 1. The van der Waals surface area contributed by atoms with Gasteiger partial charge in [0.05, 0.1) is 0 Å². The first-order valence-electron chi connectivity index (χ1n) is 5.79. The molecule has 0 aliphatic carbocycles. The Hall–Kier alpha value is -1.26. The number of aryl methyl sites for hydroxylation is 1. The van der Waals surface area contributed by atoms with Gasteiger partial charge in [0, 0.05) is 11.6 Å². The van der Waals surface area contributed by atoms with Crippen LogP contribution in [0.3, 0.4) is 0 Å². The molecule has 0 saturated heterocycles. The Labute approximate surface area is 102 Å². The number of ether oxygens (including phenoxy) is 2. The standard InChI is InChI=1S/C13H20N2O2/c1-8-5-10-11(17-7-16-10)6-9(8)12(15-4)13(2,3)14/h5-6,12,15H,7,14H2,1-4H3. The van der Waals surface area contributed by atoms with Crippen molar-refractivity contribution in [2.45, 2.75) is 32.4 Å². The first-order valence-corrected chi connectivity index (χ1v) is 5.79. The third-order valence-electron chi connectivity index (χ3n) is 3.10. The molecule has 0 amide bonds. The van der Waals surface area contributed by atoms with Gasteiger partial charge < -0.3 is 20.5 Å². The van der Waals surface area contributed by atoms with E-state index in [4.69, 9.17) is 15.2 Å². The molecule has 1 heterocycles. The maximum Gasteiger partial charge on any atom is 0.231 e. The predicted molar refractivity (Wildman–Crippen MR) is 67.4 cm³/mol.